The highest BCUT2D eigenvalue weighted by Gasteiger charge is 2.04. The van der Waals surface area contributed by atoms with Crippen molar-refractivity contribution in [2.24, 2.45) is 5.73 Å². The smallest absolute Gasteiger partial charge is 0.138 e. The molecule has 0 aliphatic heterocycles. The Labute approximate surface area is 106 Å². The van der Waals surface area contributed by atoms with E-state index in [9.17, 15) is 0 Å². The van der Waals surface area contributed by atoms with E-state index in [-0.39, 0.29) is 5.84 Å². The second-order valence-corrected chi connectivity index (χ2v) is 3.93. The van der Waals surface area contributed by atoms with Crippen LogP contribution in [0.15, 0.2) is 18.2 Å². The Morgan fingerprint density at radius 1 is 1.35 bits per heavy atom. The van der Waals surface area contributed by atoms with Crippen LogP contribution in [0.2, 0.25) is 5.02 Å². The Hall–Kier alpha value is -1.26. The zero-order valence-electron chi connectivity index (χ0n) is 9.83. The molecule has 1 rings (SSSR count). The quantitative estimate of drug-likeness (QED) is 0.447. The van der Waals surface area contributed by atoms with Gasteiger partial charge in [-0.2, -0.15) is 0 Å². The van der Waals surface area contributed by atoms with Crippen LogP contribution in [-0.4, -0.2) is 25.7 Å². The summed E-state index contributed by atoms with van der Waals surface area (Å²) >= 11 is 6.00. The van der Waals surface area contributed by atoms with Crippen LogP contribution >= 0.6 is 11.6 Å². The molecule has 0 unspecified atom stereocenters. The van der Waals surface area contributed by atoms with Crippen molar-refractivity contribution in [3.05, 3.63) is 28.8 Å². The van der Waals surface area contributed by atoms with Gasteiger partial charge in [0.1, 0.15) is 18.2 Å². The van der Waals surface area contributed by atoms with Crippen molar-refractivity contribution in [3.8, 4) is 5.75 Å². The molecule has 0 aliphatic carbocycles. The molecule has 17 heavy (non-hydrogen) atoms. The lowest BCUT2D eigenvalue weighted by atomic mass is 10.2. The van der Waals surface area contributed by atoms with E-state index in [1.165, 1.54) is 0 Å². The first-order valence-corrected chi connectivity index (χ1v) is 5.87. The van der Waals surface area contributed by atoms with Gasteiger partial charge in [-0.25, -0.2) is 0 Å². The topological polar surface area (TPSA) is 68.3 Å². The predicted molar refractivity (Wildman–Crippen MR) is 69.1 cm³/mol. The molecule has 0 bridgehead atoms. The average Bonchev–Trinajstić information content (AvgIpc) is 2.30. The van der Waals surface area contributed by atoms with Gasteiger partial charge in [-0.15, -0.1) is 0 Å². The van der Waals surface area contributed by atoms with Crippen molar-refractivity contribution >= 4 is 17.4 Å². The summed E-state index contributed by atoms with van der Waals surface area (Å²) < 4.78 is 10.7. The second-order valence-electron chi connectivity index (χ2n) is 3.52. The van der Waals surface area contributed by atoms with Gasteiger partial charge in [0.05, 0.1) is 11.6 Å². The molecular formula is C12H17ClN2O2. The van der Waals surface area contributed by atoms with Gasteiger partial charge in [0.2, 0.25) is 0 Å². The van der Waals surface area contributed by atoms with Crippen LogP contribution in [0.4, 0.5) is 0 Å². The maximum absolute atomic E-state index is 7.27. The number of hydrogen-bond donors (Lipinski definition) is 2. The van der Waals surface area contributed by atoms with Crippen LogP contribution < -0.4 is 10.5 Å². The average molecular weight is 257 g/mol. The summed E-state index contributed by atoms with van der Waals surface area (Å²) in [5.74, 6) is 0.571. The number of nitrogens with two attached hydrogens (primary N) is 1. The van der Waals surface area contributed by atoms with Crippen LogP contribution in [0.1, 0.15) is 18.9 Å². The first-order valence-electron chi connectivity index (χ1n) is 5.49. The minimum Gasteiger partial charge on any atom is -0.490 e. The summed E-state index contributed by atoms with van der Waals surface area (Å²) in [6, 6.07) is 5.03. The molecule has 0 heterocycles. The Bertz CT molecular complexity index is 383. The standard InChI is InChI=1S/C12H17ClN2O2/c1-2-5-16-6-7-17-11-4-3-9(12(14)15)8-10(11)13/h3-4,8H,2,5-7H2,1H3,(H3,14,15). The highest BCUT2D eigenvalue weighted by molar-refractivity contribution is 6.32. The maximum atomic E-state index is 7.27. The van der Waals surface area contributed by atoms with E-state index in [1.807, 2.05) is 0 Å². The first-order chi connectivity index (χ1) is 8.15. The lowest BCUT2D eigenvalue weighted by Gasteiger charge is -2.09. The fourth-order valence-electron chi connectivity index (χ4n) is 1.24. The number of halogens is 1. The molecule has 1 aromatic rings. The summed E-state index contributed by atoms with van der Waals surface area (Å²) in [6.45, 7) is 3.79. The van der Waals surface area contributed by atoms with Crippen LogP contribution in [0.5, 0.6) is 5.75 Å². The zero-order chi connectivity index (χ0) is 12.7. The second kappa shape index (κ2) is 7.14. The third-order valence-electron chi connectivity index (χ3n) is 2.08. The van der Waals surface area contributed by atoms with Crippen molar-refractivity contribution < 1.29 is 9.47 Å². The third-order valence-corrected chi connectivity index (χ3v) is 2.37. The van der Waals surface area contributed by atoms with Gasteiger partial charge in [0.25, 0.3) is 0 Å². The Morgan fingerprint density at radius 2 is 2.12 bits per heavy atom. The van der Waals surface area contributed by atoms with Gasteiger partial charge in [-0.3, -0.25) is 5.41 Å². The molecule has 0 saturated carbocycles. The van der Waals surface area contributed by atoms with Gasteiger partial charge < -0.3 is 15.2 Å². The Morgan fingerprint density at radius 3 is 2.71 bits per heavy atom. The molecule has 0 radical (unpaired) electrons. The Kier molecular flexibility index (Phi) is 5.80. The van der Waals surface area contributed by atoms with Crippen molar-refractivity contribution in [2.75, 3.05) is 19.8 Å². The van der Waals surface area contributed by atoms with Crippen molar-refractivity contribution in [2.45, 2.75) is 13.3 Å². The number of benzene rings is 1. The molecule has 1 aromatic carbocycles. The third kappa shape index (κ3) is 4.63. The number of hydrogen-bond acceptors (Lipinski definition) is 3. The normalized spacial score (nSPS) is 10.2. The predicted octanol–water partition coefficient (Wildman–Crippen LogP) is 2.43. The highest BCUT2D eigenvalue weighted by Crippen LogP contribution is 2.25. The summed E-state index contributed by atoms with van der Waals surface area (Å²) in [5, 5.41) is 7.73. The van der Waals surface area contributed by atoms with Crippen LogP contribution in [0.3, 0.4) is 0 Å². The van der Waals surface area contributed by atoms with Crippen LogP contribution in [-0.2, 0) is 4.74 Å². The van der Waals surface area contributed by atoms with Gasteiger partial charge in [0, 0.05) is 12.2 Å². The van der Waals surface area contributed by atoms with Crippen LogP contribution in [0, 0.1) is 5.41 Å². The van der Waals surface area contributed by atoms with Gasteiger partial charge in [-0.1, -0.05) is 18.5 Å². The fourth-order valence-corrected chi connectivity index (χ4v) is 1.48. The van der Waals surface area contributed by atoms with Crippen molar-refractivity contribution in [1.82, 2.24) is 0 Å². The molecule has 0 aliphatic rings. The first kappa shape index (κ1) is 13.8. The molecule has 0 aromatic heterocycles. The van der Waals surface area contributed by atoms with E-state index in [0.29, 0.717) is 29.5 Å². The minimum atomic E-state index is -0.00951. The lowest BCUT2D eigenvalue weighted by molar-refractivity contribution is 0.101. The number of nitrogen functional groups attached to an aromatic ring is 1. The van der Waals surface area contributed by atoms with E-state index in [0.717, 1.165) is 13.0 Å². The molecule has 0 saturated heterocycles. The fraction of sp³-hybridized carbons (Fsp3) is 0.417. The number of rotatable bonds is 7. The van der Waals surface area contributed by atoms with Gasteiger partial charge in [0.15, 0.2) is 0 Å². The molecule has 4 nitrogen and oxygen atoms in total. The molecule has 0 atom stereocenters. The van der Waals surface area contributed by atoms with Crippen molar-refractivity contribution in [1.29, 1.82) is 5.41 Å². The van der Waals surface area contributed by atoms with Gasteiger partial charge >= 0.3 is 0 Å². The SMILES string of the molecule is CCCOCCOc1ccc(C(=N)N)cc1Cl. The lowest BCUT2D eigenvalue weighted by Crippen LogP contribution is -2.11. The summed E-state index contributed by atoms with van der Waals surface area (Å²) in [6.07, 6.45) is 0.994. The molecule has 5 heteroatoms. The number of amidine groups is 1. The zero-order valence-corrected chi connectivity index (χ0v) is 10.6. The summed E-state index contributed by atoms with van der Waals surface area (Å²) in [4.78, 5) is 0. The van der Waals surface area contributed by atoms with Crippen LogP contribution in [0.25, 0.3) is 0 Å². The van der Waals surface area contributed by atoms with E-state index >= 15 is 0 Å². The van der Waals surface area contributed by atoms with Crippen molar-refractivity contribution in [3.63, 3.8) is 0 Å². The van der Waals surface area contributed by atoms with E-state index in [4.69, 9.17) is 32.2 Å². The number of ether oxygens (including phenoxy) is 2. The highest BCUT2D eigenvalue weighted by atomic mass is 35.5. The molecule has 0 spiro atoms. The van der Waals surface area contributed by atoms with E-state index < -0.39 is 0 Å². The monoisotopic (exact) mass is 256 g/mol. The van der Waals surface area contributed by atoms with E-state index in [2.05, 4.69) is 6.92 Å². The molecule has 3 N–H and O–H groups in total. The minimum absolute atomic E-state index is 0.00951. The summed E-state index contributed by atoms with van der Waals surface area (Å²) in [7, 11) is 0. The number of nitrogens with one attached hydrogen (secondary N) is 1. The molecule has 0 amide bonds. The summed E-state index contributed by atoms with van der Waals surface area (Å²) in [5.41, 5.74) is 5.94. The molecular weight excluding hydrogens is 240 g/mol. The molecule has 0 fully saturated rings. The maximum Gasteiger partial charge on any atom is 0.138 e. The molecule has 94 valence electrons. The Balaban J connectivity index is 2.46. The van der Waals surface area contributed by atoms with Gasteiger partial charge in [-0.05, 0) is 24.6 Å². The largest absolute Gasteiger partial charge is 0.490 e. The van der Waals surface area contributed by atoms with E-state index in [1.54, 1.807) is 18.2 Å².